The first-order valence-electron chi connectivity index (χ1n) is 9.30. The van der Waals surface area contributed by atoms with Crippen molar-refractivity contribution in [3.63, 3.8) is 0 Å². The van der Waals surface area contributed by atoms with Crippen molar-refractivity contribution in [3.8, 4) is 33.9 Å². The molecule has 1 heterocycles. The Kier molecular flexibility index (Phi) is 5.68. The summed E-state index contributed by atoms with van der Waals surface area (Å²) in [6.07, 6.45) is -1.52. The number of nitrogens with zero attached hydrogens (tertiary/aromatic N) is 1. The SMILES string of the molecule is CC(=O)Oc1c(-c2ccc(-c3ccccc3)cc2)nc2ccc(Br)cc2c1OC(=O)O. The molecule has 0 bridgehead atoms. The van der Waals surface area contributed by atoms with Gasteiger partial charge in [-0.2, -0.15) is 0 Å². The summed E-state index contributed by atoms with van der Waals surface area (Å²) in [5.41, 5.74) is 3.51. The van der Waals surface area contributed by atoms with Gasteiger partial charge in [-0.25, -0.2) is 9.78 Å². The van der Waals surface area contributed by atoms with Gasteiger partial charge < -0.3 is 14.6 Å². The van der Waals surface area contributed by atoms with E-state index in [-0.39, 0.29) is 11.5 Å². The Morgan fingerprint density at radius 2 is 1.48 bits per heavy atom. The molecule has 0 aliphatic heterocycles. The number of carboxylic acid groups (broad SMARTS) is 1. The highest BCUT2D eigenvalue weighted by atomic mass is 79.9. The van der Waals surface area contributed by atoms with E-state index in [4.69, 9.17) is 9.47 Å². The van der Waals surface area contributed by atoms with Gasteiger partial charge in [0.15, 0.2) is 5.75 Å². The summed E-state index contributed by atoms with van der Waals surface area (Å²) < 4.78 is 11.1. The second-order valence-electron chi connectivity index (χ2n) is 6.69. The molecule has 0 fully saturated rings. The maximum atomic E-state index is 11.8. The van der Waals surface area contributed by atoms with E-state index in [1.807, 2.05) is 54.6 Å². The average Bonchev–Trinajstić information content (AvgIpc) is 2.75. The molecule has 0 aliphatic carbocycles. The number of benzene rings is 3. The molecule has 154 valence electrons. The Morgan fingerprint density at radius 3 is 2.13 bits per heavy atom. The smallest absolute Gasteiger partial charge is 0.449 e. The Morgan fingerprint density at radius 1 is 0.839 bits per heavy atom. The van der Waals surface area contributed by atoms with E-state index >= 15 is 0 Å². The molecule has 0 aliphatic rings. The van der Waals surface area contributed by atoms with Gasteiger partial charge in [0.2, 0.25) is 5.75 Å². The van der Waals surface area contributed by atoms with E-state index in [0.717, 1.165) is 11.1 Å². The number of pyridine rings is 1. The molecule has 0 spiro atoms. The fourth-order valence-electron chi connectivity index (χ4n) is 3.26. The van der Waals surface area contributed by atoms with Gasteiger partial charge in [0.1, 0.15) is 5.69 Å². The number of hydrogen-bond donors (Lipinski definition) is 1. The van der Waals surface area contributed by atoms with Crippen molar-refractivity contribution in [2.75, 3.05) is 0 Å². The highest BCUT2D eigenvalue weighted by Gasteiger charge is 2.23. The van der Waals surface area contributed by atoms with Crippen LogP contribution < -0.4 is 9.47 Å². The van der Waals surface area contributed by atoms with Crippen LogP contribution in [0.15, 0.2) is 77.3 Å². The van der Waals surface area contributed by atoms with Gasteiger partial charge in [-0.15, -0.1) is 0 Å². The third-order valence-corrected chi connectivity index (χ3v) is 5.05. The maximum absolute atomic E-state index is 11.8. The molecular formula is C24H16BrNO5. The highest BCUT2D eigenvalue weighted by molar-refractivity contribution is 9.10. The zero-order chi connectivity index (χ0) is 22.0. The molecule has 0 amide bonds. The van der Waals surface area contributed by atoms with Crippen LogP contribution >= 0.6 is 15.9 Å². The summed E-state index contributed by atoms with van der Waals surface area (Å²) >= 11 is 3.36. The fourth-order valence-corrected chi connectivity index (χ4v) is 3.62. The molecule has 1 N–H and O–H groups in total. The number of aromatic nitrogens is 1. The van der Waals surface area contributed by atoms with E-state index in [2.05, 4.69) is 20.9 Å². The predicted octanol–water partition coefficient (Wildman–Crippen LogP) is 6.31. The third-order valence-electron chi connectivity index (χ3n) is 4.56. The van der Waals surface area contributed by atoms with Crippen LogP contribution in [0.25, 0.3) is 33.3 Å². The molecule has 0 unspecified atom stereocenters. The Balaban J connectivity index is 1.93. The molecule has 3 aromatic carbocycles. The van der Waals surface area contributed by atoms with Crippen LogP contribution in [0, 0.1) is 0 Å². The number of fused-ring (bicyclic) bond motifs is 1. The number of carbonyl (C=O) groups excluding carboxylic acids is 1. The van der Waals surface area contributed by atoms with E-state index in [9.17, 15) is 14.7 Å². The zero-order valence-corrected chi connectivity index (χ0v) is 17.9. The molecule has 7 heteroatoms. The molecule has 4 rings (SSSR count). The average molecular weight is 478 g/mol. The topological polar surface area (TPSA) is 85.7 Å². The molecule has 1 aromatic heterocycles. The van der Waals surface area contributed by atoms with Gasteiger partial charge in [0, 0.05) is 22.3 Å². The first-order chi connectivity index (χ1) is 14.9. The van der Waals surface area contributed by atoms with Gasteiger partial charge >= 0.3 is 12.1 Å². The van der Waals surface area contributed by atoms with Crippen molar-refractivity contribution in [1.29, 1.82) is 0 Å². The number of carbonyl (C=O) groups is 2. The number of rotatable bonds is 4. The van der Waals surface area contributed by atoms with Gasteiger partial charge in [0.25, 0.3) is 0 Å². The minimum Gasteiger partial charge on any atom is -0.449 e. The molecule has 4 aromatic rings. The molecule has 0 saturated heterocycles. The molecule has 31 heavy (non-hydrogen) atoms. The van der Waals surface area contributed by atoms with Crippen molar-refractivity contribution in [2.24, 2.45) is 0 Å². The van der Waals surface area contributed by atoms with Crippen LogP contribution in [0.5, 0.6) is 11.5 Å². The minimum absolute atomic E-state index is 0.0482. The maximum Gasteiger partial charge on any atom is 0.511 e. The highest BCUT2D eigenvalue weighted by Crippen LogP contribution is 2.43. The Bertz CT molecular complexity index is 1290. The lowest BCUT2D eigenvalue weighted by molar-refractivity contribution is -0.132. The summed E-state index contributed by atoms with van der Waals surface area (Å²) in [5, 5.41) is 9.68. The quantitative estimate of drug-likeness (QED) is 0.346. The number of halogens is 1. The number of ether oxygens (including phenoxy) is 2. The minimum atomic E-state index is -1.52. The molecular weight excluding hydrogens is 462 g/mol. The van der Waals surface area contributed by atoms with Crippen molar-refractivity contribution < 1.29 is 24.2 Å². The van der Waals surface area contributed by atoms with E-state index in [0.29, 0.717) is 26.6 Å². The van der Waals surface area contributed by atoms with Gasteiger partial charge in [-0.1, -0.05) is 70.5 Å². The molecule has 0 atom stereocenters. The first kappa shape index (κ1) is 20.6. The summed E-state index contributed by atoms with van der Waals surface area (Å²) in [4.78, 5) is 27.8. The lowest BCUT2D eigenvalue weighted by atomic mass is 10.0. The fraction of sp³-hybridized carbons (Fsp3) is 0.0417. The van der Waals surface area contributed by atoms with Crippen LogP contribution in [0.2, 0.25) is 0 Å². The van der Waals surface area contributed by atoms with Crippen LogP contribution in [-0.4, -0.2) is 22.2 Å². The Hall–Kier alpha value is -3.71. The standard InChI is InChI=1S/C24H16BrNO5/c1-14(27)30-23-21(17-9-7-16(8-10-17)15-5-3-2-4-6-15)26-20-12-11-18(25)13-19(20)22(23)31-24(28)29/h2-13H,1H3,(H,28,29). The molecule has 0 saturated carbocycles. The Labute approximate surface area is 186 Å². The second kappa shape index (κ2) is 8.57. The van der Waals surface area contributed by atoms with Crippen LogP contribution in [0.4, 0.5) is 4.79 Å². The van der Waals surface area contributed by atoms with Crippen LogP contribution in [-0.2, 0) is 4.79 Å². The lowest BCUT2D eigenvalue weighted by Crippen LogP contribution is -2.10. The number of esters is 1. The summed E-state index contributed by atoms with van der Waals surface area (Å²) in [5.74, 6) is -0.752. The van der Waals surface area contributed by atoms with E-state index in [1.165, 1.54) is 6.92 Å². The van der Waals surface area contributed by atoms with Crippen LogP contribution in [0.3, 0.4) is 0 Å². The zero-order valence-electron chi connectivity index (χ0n) is 16.3. The van der Waals surface area contributed by atoms with Gasteiger partial charge in [-0.05, 0) is 29.3 Å². The monoisotopic (exact) mass is 477 g/mol. The van der Waals surface area contributed by atoms with Gasteiger partial charge in [-0.3, -0.25) is 4.79 Å². The van der Waals surface area contributed by atoms with Crippen molar-refractivity contribution in [1.82, 2.24) is 4.98 Å². The lowest BCUT2D eigenvalue weighted by Gasteiger charge is -2.15. The van der Waals surface area contributed by atoms with E-state index < -0.39 is 12.1 Å². The van der Waals surface area contributed by atoms with Crippen molar-refractivity contribution in [2.45, 2.75) is 6.92 Å². The summed E-state index contributed by atoms with van der Waals surface area (Å²) in [6, 6.07) is 22.6. The first-order valence-corrected chi connectivity index (χ1v) is 10.1. The predicted molar refractivity (Wildman–Crippen MR) is 120 cm³/mol. The second-order valence-corrected chi connectivity index (χ2v) is 7.60. The van der Waals surface area contributed by atoms with Gasteiger partial charge in [0.05, 0.1) is 5.52 Å². The normalized spacial score (nSPS) is 10.6. The van der Waals surface area contributed by atoms with Crippen molar-refractivity contribution >= 4 is 39.0 Å². The summed E-state index contributed by atoms with van der Waals surface area (Å²) in [6.45, 7) is 1.23. The molecule has 0 radical (unpaired) electrons. The van der Waals surface area contributed by atoms with Crippen LogP contribution in [0.1, 0.15) is 6.92 Å². The van der Waals surface area contributed by atoms with E-state index in [1.54, 1.807) is 18.2 Å². The van der Waals surface area contributed by atoms with Crippen molar-refractivity contribution in [3.05, 3.63) is 77.3 Å². The largest absolute Gasteiger partial charge is 0.511 e. The molecule has 6 nitrogen and oxygen atoms in total. The number of hydrogen-bond acceptors (Lipinski definition) is 5. The third kappa shape index (κ3) is 4.41. The summed E-state index contributed by atoms with van der Waals surface area (Å²) in [7, 11) is 0.